The second kappa shape index (κ2) is 5.64. The first-order chi connectivity index (χ1) is 10.8. The molecule has 0 saturated carbocycles. The van der Waals surface area contributed by atoms with Crippen LogP contribution in [-0.4, -0.2) is 16.9 Å². The first kappa shape index (κ1) is 16.0. The summed E-state index contributed by atoms with van der Waals surface area (Å²) in [6.07, 6.45) is 2.79. The Morgan fingerprint density at radius 1 is 1.26 bits per heavy atom. The van der Waals surface area contributed by atoms with E-state index in [-0.39, 0.29) is 22.8 Å². The Kier molecular flexibility index (Phi) is 3.92. The molecular weight excluding hydrogens is 358 g/mol. The van der Waals surface area contributed by atoms with E-state index in [2.05, 4.69) is 21.2 Å². The Morgan fingerprint density at radius 2 is 1.91 bits per heavy atom. The SMILES string of the molecule is CC1(C)CC(=O)C2=C(C1)NC(C(=O)O)=CC2c1ccc(Br)cc1. The summed E-state index contributed by atoms with van der Waals surface area (Å²) in [4.78, 5) is 24.1. The Labute approximate surface area is 143 Å². The monoisotopic (exact) mass is 375 g/mol. The molecule has 23 heavy (non-hydrogen) atoms. The highest BCUT2D eigenvalue weighted by atomic mass is 79.9. The van der Waals surface area contributed by atoms with Gasteiger partial charge in [0.25, 0.3) is 0 Å². The predicted octanol–water partition coefficient (Wildman–Crippen LogP) is 3.75. The molecule has 1 aromatic rings. The third kappa shape index (κ3) is 3.11. The van der Waals surface area contributed by atoms with Crippen LogP contribution in [0.2, 0.25) is 0 Å². The van der Waals surface area contributed by atoms with Crippen LogP contribution in [0, 0.1) is 5.41 Å². The number of carbonyl (C=O) groups is 2. The highest BCUT2D eigenvalue weighted by molar-refractivity contribution is 9.10. The summed E-state index contributed by atoms with van der Waals surface area (Å²) in [5.41, 5.74) is 2.36. The molecule has 0 radical (unpaired) electrons. The van der Waals surface area contributed by atoms with Crippen molar-refractivity contribution < 1.29 is 14.7 Å². The van der Waals surface area contributed by atoms with Crippen molar-refractivity contribution in [2.24, 2.45) is 5.41 Å². The molecular formula is C18H18BrNO3. The maximum atomic E-state index is 12.7. The van der Waals surface area contributed by atoms with Crippen LogP contribution < -0.4 is 5.32 Å². The quantitative estimate of drug-likeness (QED) is 0.825. The van der Waals surface area contributed by atoms with Crippen LogP contribution in [0.3, 0.4) is 0 Å². The number of ketones is 1. The third-order valence-corrected chi connectivity index (χ3v) is 4.84. The first-order valence-corrected chi connectivity index (χ1v) is 8.30. The molecule has 1 heterocycles. The van der Waals surface area contributed by atoms with Gasteiger partial charge in [-0.15, -0.1) is 0 Å². The number of carbonyl (C=O) groups excluding carboxylic acids is 1. The number of hydrogen-bond donors (Lipinski definition) is 2. The molecule has 0 fully saturated rings. The van der Waals surface area contributed by atoms with Crippen molar-refractivity contribution in [3.63, 3.8) is 0 Å². The number of dihydropyridines is 1. The number of hydrogen-bond acceptors (Lipinski definition) is 3. The molecule has 120 valence electrons. The van der Waals surface area contributed by atoms with Crippen LogP contribution in [0.25, 0.3) is 0 Å². The van der Waals surface area contributed by atoms with E-state index < -0.39 is 5.97 Å². The zero-order valence-electron chi connectivity index (χ0n) is 13.0. The van der Waals surface area contributed by atoms with E-state index in [1.165, 1.54) is 0 Å². The molecule has 0 aromatic heterocycles. The van der Waals surface area contributed by atoms with Crippen molar-refractivity contribution in [1.82, 2.24) is 5.32 Å². The molecule has 1 aliphatic heterocycles. The van der Waals surface area contributed by atoms with E-state index in [0.717, 1.165) is 15.7 Å². The Bertz CT molecular complexity index is 744. The van der Waals surface area contributed by atoms with Crippen molar-refractivity contribution in [1.29, 1.82) is 0 Å². The van der Waals surface area contributed by atoms with E-state index in [9.17, 15) is 14.7 Å². The molecule has 3 rings (SSSR count). The minimum Gasteiger partial charge on any atom is -0.477 e. The van der Waals surface area contributed by atoms with Crippen LogP contribution in [0.15, 0.2) is 51.8 Å². The number of carboxylic acids is 1. The van der Waals surface area contributed by atoms with E-state index in [1.807, 2.05) is 38.1 Å². The Morgan fingerprint density at radius 3 is 2.52 bits per heavy atom. The average Bonchev–Trinajstić information content (AvgIpc) is 2.45. The summed E-state index contributed by atoms with van der Waals surface area (Å²) < 4.78 is 0.947. The number of nitrogens with one attached hydrogen (secondary N) is 1. The van der Waals surface area contributed by atoms with Gasteiger partial charge in [-0.1, -0.05) is 41.9 Å². The first-order valence-electron chi connectivity index (χ1n) is 7.51. The normalized spacial score (nSPS) is 23.0. The summed E-state index contributed by atoms with van der Waals surface area (Å²) in [6.45, 7) is 4.06. The lowest BCUT2D eigenvalue weighted by Crippen LogP contribution is -2.37. The number of allylic oxidation sites excluding steroid dienone is 3. The van der Waals surface area contributed by atoms with Crippen LogP contribution >= 0.6 is 15.9 Å². The van der Waals surface area contributed by atoms with Crippen molar-refractivity contribution in [3.8, 4) is 0 Å². The fourth-order valence-corrected chi connectivity index (χ4v) is 3.58. The molecule has 1 aliphatic carbocycles. The van der Waals surface area contributed by atoms with Crippen LogP contribution in [-0.2, 0) is 9.59 Å². The van der Waals surface area contributed by atoms with E-state index in [0.29, 0.717) is 18.4 Å². The second-order valence-corrected chi connectivity index (χ2v) is 7.79. The van der Waals surface area contributed by atoms with Gasteiger partial charge in [0, 0.05) is 28.1 Å². The zero-order valence-corrected chi connectivity index (χ0v) is 14.6. The molecule has 2 N–H and O–H groups in total. The van der Waals surface area contributed by atoms with Gasteiger partial charge in [-0.3, -0.25) is 4.79 Å². The van der Waals surface area contributed by atoms with E-state index in [1.54, 1.807) is 6.08 Å². The number of carboxylic acid groups (broad SMARTS) is 1. The molecule has 0 saturated heterocycles. The lowest BCUT2D eigenvalue weighted by molar-refractivity contribution is -0.133. The van der Waals surface area contributed by atoms with Gasteiger partial charge in [0.2, 0.25) is 0 Å². The van der Waals surface area contributed by atoms with Gasteiger partial charge in [0.1, 0.15) is 5.70 Å². The Hall–Kier alpha value is -1.88. The van der Waals surface area contributed by atoms with E-state index >= 15 is 0 Å². The number of aliphatic carboxylic acids is 1. The molecule has 1 unspecified atom stereocenters. The smallest absolute Gasteiger partial charge is 0.351 e. The lowest BCUT2D eigenvalue weighted by atomic mass is 9.70. The lowest BCUT2D eigenvalue weighted by Gasteiger charge is -2.37. The molecule has 4 nitrogen and oxygen atoms in total. The maximum Gasteiger partial charge on any atom is 0.351 e. The van der Waals surface area contributed by atoms with Crippen molar-refractivity contribution in [3.05, 3.63) is 57.3 Å². The summed E-state index contributed by atoms with van der Waals surface area (Å²) in [7, 11) is 0. The fraction of sp³-hybridized carbons (Fsp3) is 0.333. The standard InChI is InChI=1S/C18H18BrNO3/c1-18(2)8-14-16(15(21)9-18)12(7-13(20-14)17(22)23)10-3-5-11(19)6-4-10/h3-7,12,20H,8-9H2,1-2H3,(H,22,23). The zero-order chi connectivity index (χ0) is 16.8. The van der Waals surface area contributed by atoms with Crippen LogP contribution in [0.5, 0.6) is 0 Å². The van der Waals surface area contributed by atoms with Gasteiger partial charge in [0.05, 0.1) is 0 Å². The minimum atomic E-state index is -1.01. The number of halogens is 1. The molecule has 2 aliphatic rings. The number of benzene rings is 1. The fourth-order valence-electron chi connectivity index (χ4n) is 3.32. The third-order valence-electron chi connectivity index (χ3n) is 4.31. The summed E-state index contributed by atoms with van der Waals surface area (Å²) in [6, 6.07) is 7.66. The molecule has 0 spiro atoms. The molecule has 0 bridgehead atoms. The number of Topliss-reactive ketones (excluding diaryl/α,β-unsaturated/α-hetero) is 1. The highest BCUT2D eigenvalue weighted by Gasteiger charge is 2.39. The van der Waals surface area contributed by atoms with Gasteiger partial charge in [-0.05, 0) is 35.6 Å². The van der Waals surface area contributed by atoms with E-state index in [4.69, 9.17) is 0 Å². The van der Waals surface area contributed by atoms with Crippen molar-refractivity contribution in [2.45, 2.75) is 32.6 Å². The van der Waals surface area contributed by atoms with Gasteiger partial charge >= 0.3 is 5.97 Å². The molecule has 0 amide bonds. The highest BCUT2D eigenvalue weighted by Crippen LogP contribution is 2.43. The van der Waals surface area contributed by atoms with Gasteiger partial charge < -0.3 is 10.4 Å². The largest absolute Gasteiger partial charge is 0.477 e. The van der Waals surface area contributed by atoms with Crippen molar-refractivity contribution in [2.75, 3.05) is 0 Å². The Balaban J connectivity index is 2.11. The predicted molar refractivity (Wildman–Crippen MR) is 90.8 cm³/mol. The van der Waals surface area contributed by atoms with Gasteiger partial charge in [-0.25, -0.2) is 4.79 Å². The second-order valence-electron chi connectivity index (χ2n) is 6.87. The van der Waals surface area contributed by atoms with Crippen LogP contribution in [0.4, 0.5) is 0 Å². The summed E-state index contributed by atoms with van der Waals surface area (Å²) in [5.74, 6) is -1.22. The molecule has 1 atom stereocenters. The van der Waals surface area contributed by atoms with Crippen LogP contribution in [0.1, 0.15) is 38.2 Å². The topological polar surface area (TPSA) is 66.4 Å². The minimum absolute atomic E-state index is 0.0948. The summed E-state index contributed by atoms with van der Waals surface area (Å²) >= 11 is 3.40. The molecule has 1 aromatic carbocycles. The summed E-state index contributed by atoms with van der Waals surface area (Å²) in [5, 5.41) is 12.4. The van der Waals surface area contributed by atoms with Gasteiger partial charge in [-0.2, -0.15) is 0 Å². The molecule has 5 heteroatoms. The maximum absolute atomic E-state index is 12.7. The van der Waals surface area contributed by atoms with Crippen molar-refractivity contribution >= 4 is 27.7 Å². The average molecular weight is 376 g/mol. The van der Waals surface area contributed by atoms with Gasteiger partial charge in [0.15, 0.2) is 5.78 Å². The number of rotatable bonds is 2.